The summed E-state index contributed by atoms with van der Waals surface area (Å²) in [6.45, 7) is 2.43. The van der Waals surface area contributed by atoms with Gasteiger partial charge in [0.15, 0.2) is 0 Å². The summed E-state index contributed by atoms with van der Waals surface area (Å²) >= 11 is 3.18. The molecule has 0 bridgehead atoms. The smallest absolute Gasteiger partial charge is 0.406 e. The molecular formula is C12H11BrF3N3O. The van der Waals surface area contributed by atoms with Gasteiger partial charge in [0.2, 0.25) is 4.73 Å². The molecule has 8 heteroatoms. The molecule has 0 saturated carbocycles. The van der Waals surface area contributed by atoms with Crippen LogP contribution >= 0.6 is 15.9 Å². The first-order valence-electron chi connectivity index (χ1n) is 5.75. The normalized spacial score (nSPS) is 11.7. The highest BCUT2D eigenvalue weighted by Gasteiger charge is 2.30. The van der Waals surface area contributed by atoms with Crippen molar-refractivity contribution in [2.45, 2.75) is 26.3 Å². The summed E-state index contributed by atoms with van der Waals surface area (Å²) in [5.74, 6) is 0.551. The van der Waals surface area contributed by atoms with Gasteiger partial charge in [-0.1, -0.05) is 12.1 Å². The van der Waals surface area contributed by atoms with Gasteiger partial charge in [-0.2, -0.15) is 0 Å². The Bertz CT molecular complexity index is 581. The predicted octanol–water partition coefficient (Wildman–Crippen LogP) is 3.49. The highest BCUT2D eigenvalue weighted by Crippen LogP contribution is 2.22. The van der Waals surface area contributed by atoms with Gasteiger partial charge in [-0.15, -0.1) is 18.3 Å². The number of halogens is 4. The molecule has 0 saturated heterocycles. The van der Waals surface area contributed by atoms with Crippen molar-refractivity contribution in [1.82, 2.24) is 14.8 Å². The number of aryl methyl sites for hydroxylation is 3. The summed E-state index contributed by atoms with van der Waals surface area (Å²) in [5, 5.41) is 4.14. The lowest BCUT2D eigenvalue weighted by Crippen LogP contribution is -2.17. The van der Waals surface area contributed by atoms with Gasteiger partial charge in [0.1, 0.15) is 11.6 Å². The third kappa shape index (κ3) is 4.22. The molecule has 2 rings (SSSR count). The second-order valence-electron chi connectivity index (χ2n) is 4.09. The first kappa shape index (κ1) is 14.8. The summed E-state index contributed by atoms with van der Waals surface area (Å²) in [4.78, 5) is 4.10. The van der Waals surface area contributed by atoms with Crippen LogP contribution in [0.25, 0.3) is 0 Å². The van der Waals surface area contributed by atoms with Gasteiger partial charge in [0.05, 0.1) is 0 Å². The van der Waals surface area contributed by atoms with Crippen LogP contribution in [0.2, 0.25) is 0 Å². The first-order chi connectivity index (χ1) is 9.33. The van der Waals surface area contributed by atoms with Crippen LogP contribution in [-0.2, 0) is 13.0 Å². The van der Waals surface area contributed by atoms with E-state index in [0.717, 1.165) is 11.4 Å². The zero-order valence-corrected chi connectivity index (χ0v) is 12.1. The van der Waals surface area contributed by atoms with Crippen LogP contribution in [0.15, 0.2) is 29.0 Å². The Morgan fingerprint density at radius 3 is 2.40 bits per heavy atom. The minimum absolute atomic E-state index is 0.221. The van der Waals surface area contributed by atoms with Gasteiger partial charge >= 0.3 is 6.36 Å². The van der Waals surface area contributed by atoms with E-state index in [0.29, 0.717) is 17.7 Å². The van der Waals surface area contributed by atoms with Gasteiger partial charge in [-0.05, 0) is 47.0 Å². The van der Waals surface area contributed by atoms with Crippen LogP contribution < -0.4 is 4.74 Å². The Morgan fingerprint density at radius 2 is 1.90 bits per heavy atom. The van der Waals surface area contributed by atoms with E-state index < -0.39 is 6.36 Å². The van der Waals surface area contributed by atoms with Crippen molar-refractivity contribution >= 4 is 15.9 Å². The Hall–Kier alpha value is -1.57. The van der Waals surface area contributed by atoms with Crippen molar-refractivity contribution < 1.29 is 17.9 Å². The lowest BCUT2D eigenvalue weighted by Gasteiger charge is -2.09. The Labute approximate surface area is 121 Å². The third-order valence-electron chi connectivity index (χ3n) is 2.60. The highest BCUT2D eigenvalue weighted by molar-refractivity contribution is 9.10. The zero-order valence-electron chi connectivity index (χ0n) is 10.5. The molecule has 0 amide bonds. The maximum absolute atomic E-state index is 12.0. The van der Waals surface area contributed by atoms with E-state index in [9.17, 15) is 13.2 Å². The molecule has 0 aliphatic rings. The molecule has 0 aliphatic heterocycles. The zero-order chi connectivity index (χ0) is 14.8. The Morgan fingerprint density at radius 1 is 1.25 bits per heavy atom. The van der Waals surface area contributed by atoms with Crippen LogP contribution in [0.3, 0.4) is 0 Å². The van der Waals surface area contributed by atoms with Crippen LogP contribution in [0.4, 0.5) is 13.2 Å². The predicted molar refractivity (Wildman–Crippen MR) is 69.3 cm³/mol. The van der Waals surface area contributed by atoms with Gasteiger partial charge in [-0.25, -0.2) is 9.67 Å². The van der Waals surface area contributed by atoms with Crippen molar-refractivity contribution in [3.63, 3.8) is 0 Å². The number of hydrogen-bond donors (Lipinski definition) is 0. The summed E-state index contributed by atoms with van der Waals surface area (Å²) in [7, 11) is 0. The van der Waals surface area contributed by atoms with Gasteiger partial charge in [-0.3, -0.25) is 0 Å². The van der Waals surface area contributed by atoms with Crippen LogP contribution in [0.1, 0.15) is 11.4 Å². The highest BCUT2D eigenvalue weighted by atomic mass is 79.9. The summed E-state index contributed by atoms with van der Waals surface area (Å²) < 4.78 is 42.1. The number of hydrogen-bond acceptors (Lipinski definition) is 3. The van der Waals surface area contributed by atoms with E-state index >= 15 is 0 Å². The van der Waals surface area contributed by atoms with Crippen molar-refractivity contribution in [2.75, 3.05) is 0 Å². The molecular weight excluding hydrogens is 339 g/mol. The van der Waals surface area contributed by atoms with E-state index in [1.165, 1.54) is 12.1 Å². The molecule has 108 valence electrons. The Kier molecular flexibility index (Phi) is 4.32. The first-order valence-corrected chi connectivity index (χ1v) is 6.54. The molecule has 1 heterocycles. The molecule has 1 aromatic carbocycles. The maximum atomic E-state index is 12.0. The fourth-order valence-corrected chi connectivity index (χ4v) is 2.14. The average Bonchev–Trinajstić information content (AvgIpc) is 2.65. The second kappa shape index (κ2) is 5.82. The minimum atomic E-state index is -4.66. The quantitative estimate of drug-likeness (QED) is 0.848. The second-order valence-corrected chi connectivity index (χ2v) is 4.80. The van der Waals surface area contributed by atoms with E-state index in [2.05, 4.69) is 30.7 Å². The minimum Gasteiger partial charge on any atom is -0.406 e. The van der Waals surface area contributed by atoms with Gasteiger partial charge < -0.3 is 4.74 Å². The van der Waals surface area contributed by atoms with E-state index in [1.54, 1.807) is 16.8 Å². The molecule has 0 atom stereocenters. The monoisotopic (exact) mass is 349 g/mol. The summed E-state index contributed by atoms with van der Waals surface area (Å²) in [6.07, 6.45) is -4.02. The maximum Gasteiger partial charge on any atom is 0.573 e. The van der Waals surface area contributed by atoms with Crippen LogP contribution in [0.5, 0.6) is 5.75 Å². The van der Waals surface area contributed by atoms with E-state index in [-0.39, 0.29) is 5.75 Å². The van der Waals surface area contributed by atoms with Crippen molar-refractivity contribution in [3.8, 4) is 5.75 Å². The topological polar surface area (TPSA) is 39.9 Å². The molecule has 0 N–H and O–H groups in total. The fraction of sp³-hybridized carbons (Fsp3) is 0.333. The number of ether oxygens (including phenoxy) is 1. The molecule has 0 spiro atoms. The lowest BCUT2D eigenvalue weighted by molar-refractivity contribution is -0.274. The number of benzene rings is 1. The Balaban J connectivity index is 1.96. The number of alkyl halides is 3. The molecule has 4 nitrogen and oxygen atoms in total. The van der Waals surface area contributed by atoms with Crippen LogP contribution in [0, 0.1) is 6.92 Å². The molecule has 0 fully saturated rings. The number of aromatic nitrogens is 3. The van der Waals surface area contributed by atoms with Gasteiger partial charge in [0, 0.05) is 6.54 Å². The molecule has 2 aromatic rings. The SMILES string of the molecule is Cc1nc(Br)nn1CCc1ccc(OC(F)(F)F)cc1. The largest absolute Gasteiger partial charge is 0.573 e. The molecule has 0 radical (unpaired) electrons. The van der Waals surface area contributed by atoms with E-state index in [1.807, 2.05) is 6.92 Å². The summed E-state index contributed by atoms with van der Waals surface area (Å²) in [6, 6.07) is 5.80. The van der Waals surface area contributed by atoms with Crippen molar-refractivity contribution in [3.05, 3.63) is 40.4 Å². The van der Waals surface area contributed by atoms with Crippen molar-refractivity contribution in [1.29, 1.82) is 0 Å². The third-order valence-corrected chi connectivity index (χ3v) is 2.94. The van der Waals surface area contributed by atoms with Gasteiger partial charge in [0.25, 0.3) is 0 Å². The molecule has 1 aromatic heterocycles. The number of nitrogens with zero attached hydrogens (tertiary/aromatic N) is 3. The average molecular weight is 350 g/mol. The molecule has 20 heavy (non-hydrogen) atoms. The fourth-order valence-electron chi connectivity index (χ4n) is 1.69. The standard InChI is InChI=1S/C12H11BrF3N3O/c1-8-17-11(13)18-19(8)7-6-9-2-4-10(5-3-9)20-12(14,15)16/h2-5H,6-7H2,1H3. The lowest BCUT2D eigenvalue weighted by atomic mass is 10.1. The molecule has 0 unspecified atom stereocenters. The summed E-state index contributed by atoms with van der Waals surface area (Å²) in [5.41, 5.74) is 0.894. The van der Waals surface area contributed by atoms with E-state index in [4.69, 9.17) is 0 Å². The molecule has 0 aliphatic carbocycles. The van der Waals surface area contributed by atoms with Crippen LogP contribution in [-0.4, -0.2) is 21.1 Å². The number of rotatable bonds is 4. The van der Waals surface area contributed by atoms with Crippen molar-refractivity contribution in [2.24, 2.45) is 0 Å².